The number of benzene rings is 1. The van der Waals surface area contributed by atoms with Crippen molar-refractivity contribution in [3.8, 4) is 11.5 Å². The molecule has 0 aliphatic carbocycles. The molecule has 0 amide bonds. The zero-order valence-corrected chi connectivity index (χ0v) is 10.8. The third kappa shape index (κ3) is 2.79. The van der Waals surface area contributed by atoms with E-state index in [2.05, 4.69) is 36.8 Å². The minimum absolute atomic E-state index is 0.777. The zero-order valence-electron chi connectivity index (χ0n) is 7.65. The fourth-order valence-corrected chi connectivity index (χ4v) is 1.69. The van der Waals surface area contributed by atoms with Crippen LogP contribution in [0.25, 0.3) is 0 Å². The topological polar surface area (TPSA) is 22.1 Å². The van der Waals surface area contributed by atoms with E-state index in [1.165, 1.54) is 0 Å². The lowest BCUT2D eigenvalue weighted by atomic mass is 10.3. The molecule has 0 bridgehead atoms. The Bertz CT molecular complexity index is 459. The lowest BCUT2D eigenvalue weighted by molar-refractivity contribution is 0.481. The van der Waals surface area contributed by atoms with Crippen molar-refractivity contribution in [2.24, 2.45) is 0 Å². The van der Waals surface area contributed by atoms with E-state index in [4.69, 9.17) is 4.74 Å². The molecular formula is C11H7Br2NO. The van der Waals surface area contributed by atoms with Gasteiger partial charge in [0.15, 0.2) is 0 Å². The van der Waals surface area contributed by atoms with E-state index in [-0.39, 0.29) is 0 Å². The van der Waals surface area contributed by atoms with Crippen LogP contribution in [0.4, 0.5) is 0 Å². The minimum atomic E-state index is 0.777. The van der Waals surface area contributed by atoms with Crippen molar-refractivity contribution in [3.05, 3.63) is 51.7 Å². The molecular weight excluding hydrogens is 322 g/mol. The molecule has 2 rings (SSSR count). The van der Waals surface area contributed by atoms with Crippen molar-refractivity contribution < 1.29 is 4.74 Å². The summed E-state index contributed by atoms with van der Waals surface area (Å²) in [6.45, 7) is 0. The summed E-state index contributed by atoms with van der Waals surface area (Å²) in [6.07, 6.45) is 3.40. The first-order valence-electron chi connectivity index (χ1n) is 4.28. The van der Waals surface area contributed by atoms with E-state index in [9.17, 15) is 0 Å². The molecule has 1 aromatic heterocycles. The molecule has 0 saturated carbocycles. The largest absolute Gasteiger partial charge is 0.457 e. The van der Waals surface area contributed by atoms with Gasteiger partial charge in [0.05, 0.1) is 0 Å². The Kier molecular flexibility index (Phi) is 3.38. The first-order chi connectivity index (χ1) is 7.25. The molecule has 0 saturated heterocycles. The summed E-state index contributed by atoms with van der Waals surface area (Å²) >= 11 is 6.82. The fraction of sp³-hybridized carbons (Fsp3) is 0. The Hall–Kier alpha value is -0.870. The van der Waals surface area contributed by atoms with Crippen molar-refractivity contribution in [1.82, 2.24) is 4.98 Å². The molecule has 1 aromatic carbocycles. The number of hydrogen-bond acceptors (Lipinski definition) is 2. The van der Waals surface area contributed by atoms with Gasteiger partial charge >= 0.3 is 0 Å². The number of pyridine rings is 1. The molecule has 76 valence electrons. The average Bonchev–Trinajstić information content (AvgIpc) is 2.25. The first kappa shape index (κ1) is 10.6. The molecule has 2 nitrogen and oxygen atoms in total. The maximum absolute atomic E-state index is 5.62. The van der Waals surface area contributed by atoms with E-state index in [1.807, 2.05) is 30.3 Å². The van der Waals surface area contributed by atoms with Crippen LogP contribution in [0.5, 0.6) is 11.5 Å². The van der Waals surface area contributed by atoms with Gasteiger partial charge in [0, 0.05) is 21.3 Å². The van der Waals surface area contributed by atoms with Gasteiger partial charge in [-0.3, -0.25) is 4.98 Å². The highest BCUT2D eigenvalue weighted by Gasteiger charge is 2.00. The van der Waals surface area contributed by atoms with Crippen LogP contribution in [0, 0.1) is 0 Å². The summed E-state index contributed by atoms with van der Waals surface area (Å²) in [4.78, 5) is 3.92. The predicted molar refractivity (Wildman–Crippen MR) is 66.2 cm³/mol. The number of rotatable bonds is 2. The lowest BCUT2D eigenvalue weighted by Gasteiger charge is -2.05. The summed E-state index contributed by atoms with van der Waals surface area (Å²) in [7, 11) is 0. The number of aromatic nitrogens is 1. The number of nitrogens with zero attached hydrogens (tertiary/aromatic N) is 1. The Morgan fingerprint density at radius 1 is 0.867 bits per heavy atom. The van der Waals surface area contributed by atoms with Crippen LogP contribution in [-0.2, 0) is 0 Å². The number of halogens is 2. The molecule has 15 heavy (non-hydrogen) atoms. The van der Waals surface area contributed by atoms with Crippen LogP contribution >= 0.6 is 31.9 Å². The predicted octanol–water partition coefficient (Wildman–Crippen LogP) is 4.40. The standard InChI is InChI=1S/C11H7Br2NO/c12-10-2-1-9(7-11(10)13)15-8-3-5-14-6-4-8/h1-7H. The van der Waals surface area contributed by atoms with Gasteiger partial charge in [-0.15, -0.1) is 0 Å². The van der Waals surface area contributed by atoms with Gasteiger partial charge in [-0.25, -0.2) is 0 Å². The minimum Gasteiger partial charge on any atom is -0.457 e. The molecule has 0 spiro atoms. The third-order valence-corrected chi connectivity index (χ3v) is 3.66. The molecule has 0 N–H and O–H groups in total. The smallest absolute Gasteiger partial charge is 0.130 e. The highest BCUT2D eigenvalue weighted by Crippen LogP contribution is 2.29. The molecule has 0 aliphatic heterocycles. The highest BCUT2D eigenvalue weighted by molar-refractivity contribution is 9.13. The van der Waals surface area contributed by atoms with E-state index in [0.717, 1.165) is 20.4 Å². The quantitative estimate of drug-likeness (QED) is 0.815. The average molecular weight is 329 g/mol. The van der Waals surface area contributed by atoms with E-state index in [0.29, 0.717) is 0 Å². The molecule has 0 unspecified atom stereocenters. The van der Waals surface area contributed by atoms with Crippen molar-refractivity contribution in [1.29, 1.82) is 0 Å². The molecule has 0 atom stereocenters. The van der Waals surface area contributed by atoms with E-state index < -0.39 is 0 Å². The van der Waals surface area contributed by atoms with Crippen LogP contribution in [0.3, 0.4) is 0 Å². The molecule has 4 heteroatoms. The van der Waals surface area contributed by atoms with Gasteiger partial charge in [-0.2, -0.15) is 0 Å². The normalized spacial score (nSPS) is 10.0. The molecule has 2 aromatic rings. The second-order valence-corrected chi connectivity index (χ2v) is 4.57. The number of ether oxygens (including phenoxy) is 1. The van der Waals surface area contributed by atoms with Gasteiger partial charge in [0.25, 0.3) is 0 Å². The second kappa shape index (κ2) is 4.77. The Labute approximate surface area is 105 Å². The maximum Gasteiger partial charge on any atom is 0.130 e. The van der Waals surface area contributed by atoms with E-state index in [1.54, 1.807) is 12.4 Å². The molecule has 0 radical (unpaired) electrons. The van der Waals surface area contributed by atoms with Gasteiger partial charge < -0.3 is 4.74 Å². The van der Waals surface area contributed by atoms with Gasteiger partial charge in [-0.05, 0) is 62.2 Å². The lowest BCUT2D eigenvalue weighted by Crippen LogP contribution is -1.84. The van der Waals surface area contributed by atoms with Crippen molar-refractivity contribution in [3.63, 3.8) is 0 Å². The number of hydrogen-bond donors (Lipinski definition) is 0. The SMILES string of the molecule is Brc1ccc(Oc2ccncc2)cc1Br. The Morgan fingerprint density at radius 2 is 1.60 bits per heavy atom. The van der Waals surface area contributed by atoms with Crippen LogP contribution in [0.2, 0.25) is 0 Å². The maximum atomic E-state index is 5.62. The Balaban J connectivity index is 2.22. The summed E-state index contributed by atoms with van der Waals surface area (Å²) < 4.78 is 7.59. The summed E-state index contributed by atoms with van der Waals surface area (Å²) in [6, 6.07) is 9.37. The summed E-state index contributed by atoms with van der Waals surface area (Å²) in [5.74, 6) is 1.57. The van der Waals surface area contributed by atoms with Crippen LogP contribution in [-0.4, -0.2) is 4.98 Å². The van der Waals surface area contributed by atoms with Gasteiger partial charge in [0.1, 0.15) is 11.5 Å². The Morgan fingerprint density at radius 3 is 2.27 bits per heavy atom. The van der Waals surface area contributed by atoms with Crippen molar-refractivity contribution in [2.75, 3.05) is 0 Å². The highest BCUT2D eigenvalue weighted by atomic mass is 79.9. The van der Waals surface area contributed by atoms with Crippen molar-refractivity contribution >= 4 is 31.9 Å². The van der Waals surface area contributed by atoms with Crippen molar-refractivity contribution in [2.45, 2.75) is 0 Å². The van der Waals surface area contributed by atoms with Crippen LogP contribution < -0.4 is 4.74 Å². The molecule has 0 fully saturated rings. The third-order valence-electron chi connectivity index (χ3n) is 1.78. The summed E-state index contributed by atoms with van der Waals surface area (Å²) in [5, 5.41) is 0. The molecule has 1 heterocycles. The van der Waals surface area contributed by atoms with Gasteiger partial charge in [-0.1, -0.05) is 0 Å². The monoisotopic (exact) mass is 327 g/mol. The fourth-order valence-electron chi connectivity index (χ4n) is 1.08. The second-order valence-electron chi connectivity index (χ2n) is 2.86. The van der Waals surface area contributed by atoms with Crippen LogP contribution in [0.15, 0.2) is 51.7 Å². The van der Waals surface area contributed by atoms with Gasteiger partial charge in [0.2, 0.25) is 0 Å². The first-order valence-corrected chi connectivity index (χ1v) is 5.87. The van der Waals surface area contributed by atoms with Crippen LogP contribution in [0.1, 0.15) is 0 Å². The summed E-state index contributed by atoms with van der Waals surface area (Å²) in [5.41, 5.74) is 0. The van der Waals surface area contributed by atoms with E-state index >= 15 is 0 Å². The zero-order chi connectivity index (χ0) is 10.7. The molecule has 0 aliphatic rings.